The fourth-order valence-electron chi connectivity index (χ4n) is 1.16. The normalized spacial score (nSPS) is 9.94. The van der Waals surface area contributed by atoms with Crippen LogP contribution in [0.2, 0.25) is 0 Å². The monoisotopic (exact) mass is 230 g/mol. The zero-order valence-corrected chi connectivity index (χ0v) is 8.29. The van der Waals surface area contributed by atoms with Gasteiger partial charge in [0.05, 0.1) is 7.11 Å². The summed E-state index contributed by atoms with van der Waals surface area (Å²) >= 11 is 0. The van der Waals surface area contributed by atoms with Gasteiger partial charge in [-0.15, -0.1) is 0 Å². The molecule has 0 saturated heterocycles. The Balaban J connectivity index is 3.08. The third kappa shape index (κ3) is 2.53. The molecule has 0 radical (unpaired) electrons. The smallest absolute Gasteiger partial charge is 0.311 e. The van der Waals surface area contributed by atoms with Crippen LogP contribution in [-0.4, -0.2) is 24.0 Å². The minimum atomic E-state index is -1.36. The van der Waals surface area contributed by atoms with Crippen molar-refractivity contribution in [1.82, 2.24) is 0 Å². The summed E-state index contributed by atoms with van der Waals surface area (Å²) in [6.07, 6.45) is -0.814. The van der Waals surface area contributed by atoms with Gasteiger partial charge in [-0.2, -0.15) is 0 Å². The molecule has 0 aromatic heterocycles. The Morgan fingerprint density at radius 3 is 2.19 bits per heavy atom. The number of carboxylic acid groups (broad SMARTS) is 1. The standard InChI is InChI=1S/C10H8F2O4/c1-16-10-6(11)2-5(3-7(10)12)8(13)4-9(14)15/h2-3H,4H2,1H3,(H,14,15). The molecule has 0 amide bonds. The topological polar surface area (TPSA) is 63.6 Å². The Bertz CT molecular complexity index is 419. The number of ether oxygens (including phenoxy) is 1. The molecular weight excluding hydrogens is 222 g/mol. The van der Waals surface area contributed by atoms with E-state index in [-0.39, 0.29) is 5.56 Å². The molecular formula is C10H8F2O4. The van der Waals surface area contributed by atoms with Gasteiger partial charge in [0.2, 0.25) is 0 Å². The highest BCUT2D eigenvalue weighted by molar-refractivity contribution is 6.05. The van der Waals surface area contributed by atoms with Crippen LogP contribution >= 0.6 is 0 Å². The summed E-state index contributed by atoms with van der Waals surface area (Å²) in [6, 6.07) is 1.49. The Hall–Kier alpha value is -1.98. The molecule has 86 valence electrons. The van der Waals surface area contributed by atoms with Crippen LogP contribution in [-0.2, 0) is 4.79 Å². The predicted octanol–water partition coefficient (Wildman–Crippen LogP) is 1.63. The lowest BCUT2D eigenvalue weighted by molar-refractivity contribution is -0.135. The summed E-state index contributed by atoms with van der Waals surface area (Å²) in [5.74, 6) is -4.92. The second-order valence-corrected chi connectivity index (χ2v) is 2.97. The van der Waals surface area contributed by atoms with Gasteiger partial charge >= 0.3 is 5.97 Å². The van der Waals surface area contributed by atoms with Crippen molar-refractivity contribution in [1.29, 1.82) is 0 Å². The maximum atomic E-state index is 13.1. The van der Waals surface area contributed by atoms with Crippen molar-refractivity contribution in [2.24, 2.45) is 0 Å². The van der Waals surface area contributed by atoms with Crippen LogP contribution in [0.3, 0.4) is 0 Å². The molecule has 0 unspecified atom stereocenters. The van der Waals surface area contributed by atoms with Gasteiger partial charge in [-0.25, -0.2) is 8.78 Å². The molecule has 0 heterocycles. The average Bonchev–Trinajstić information content (AvgIpc) is 2.16. The first-order valence-electron chi connectivity index (χ1n) is 4.23. The number of hydrogen-bond acceptors (Lipinski definition) is 3. The largest absolute Gasteiger partial charge is 0.491 e. The maximum absolute atomic E-state index is 13.1. The first kappa shape index (κ1) is 12.1. The summed E-state index contributed by atoms with van der Waals surface area (Å²) in [7, 11) is 1.08. The van der Waals surface area contributed by atoms with E-state index in [1.807, 2.05) is 0 Å². The van der Waals surface area contributed by atoms with Crippen LogP contribution in [0, 0.1) is 11.6 Å². The average molecular weight is 230 g/mol. The molecule has 16 heavy (non-hydrogen) atoms. The van der Waals surface area contributed by atoms with Crippen LogP contribution in [0.25, 0.3) is 0 Å². The van der Waals surface area contributed by atoms with E-state index in [9.17, 15) is 18.4 Å². The van der Waals surface area contributed by atoms with Crippen molar-refractivity contribution in [2.75, 3.05) is 7.11 Å². The first-order valence-corrected chi connectivity index (χ1v) is 4.23. The number of ketones is 1. The van der Waals surface area contributed by atoms with Gasteiger partial charge in [-0.3, -0.25) is 9.59 Å². The maximum Gasteiger partial charge on any atom is 0.311 e. The lowest BCUT2D eigenvalue weighted by Gasteiger charge is -2.05. The van der Waals surface area contributed by atoms with E-state index in [1.54, 1.807) is 0 Å². The van der Waals surface area contributed by atoms with E-state index in [4.69, 9.17) is 5.11 Å². The lowest BCUT2D eigenvalue weighted by atomic mass is 10.1. The molecule has 0 aliphatic rings. The number of carbonyl (C=O) groups excluding carboxylic acids is 1. The van der Waals surface area contributed by atoms with Crippen molar-refractivity contribution in [3.8, 4) is 5.75 Å². The number of rotatable bonds is 4. The van der Waals surface area contributed by atoms with Gasteiger partial charge in [0.25, 0.3) is 0 Å². The van der Waals surface area contributed by atoms with Crippen LogP contribution in [0.1, 0.15) is 16.8 Å². The molecule has 1 aromatic rings. The molecule has 0 atom stereocenters. The van der Waals surface area contributed by atoms with Gasteiger partial charge in [0, 0.05) is 5.56 Å². The summed E-state index contributed by atoms with van der Waals surface area (Å²) in [5, 5.41) is 8.35. The van der Waals surface area contributed by atoms with Gasteiger partial charge < -0.3 is 9.84 Å². The number of Topliss-reactive ketones (excluding diaryl/α,β-unsaturated/α-hetero) is 1. The Labute approximate surface area is 89.5 Å². The lowest BCUT2D eigenvalue weighted by Crippen LogP contribution is -2.08. The van der Waals surface area contributed by atoms with E-state index < -0.39 is 35.6 Å². The molecule has 6 heteroatoms. The number of hydrogen-bond donors (Lipinski definition) is 1. The quantitative estimate of drug-likeness (QED) is 0.630. The molecule has 1 rings (SSSR count). The third-order valence-corrected chi connectivity index (χ3v) is 1.84. The third-order valence-electron chi connectivity index (χ3n) is 1.84. The Kier molecular flexibility index (Phi) is 3.55. The molecule has 0 fully saturated rings. The summed E-state index contributed by atoms with van der Waals surface area (Å²) in [4.78, 5) is 21.4. The highest BCUT2D eigenvalue weighted by Gasteiger charge is 2.17. The number of benzene rings is 1. The van der Waals surface area contributed by atoms with Gasteiger partial charge in [0.1, 0.15) is 6.42 Å². The number of aliphatic carboxylic acids is 1. The van der Waals surface area contributed by atoms with Crippen molar-refractivity contribution in [3.05, 3.63) is 29.3 Å². The molecule has 0 aliphatic carbocycles. The van der Waals surface area contributed by atoms with Crippen LogP contribution in [0.4, 0.5) is 8.78 Å². The van der Waals surface area contributed by atoms with Gasteiger partial charge in [0.15, 0.2) is 23.2 Å². The molecule has 4 nitrogen and oxygen atoms in total. The highest BCUT2D eigenvalue weighted by atomic mass is 19.1. The second-order valence-electron chi connectivity index (χ2n) is 2.97. The number of carbonyl (C=O) groups is 2. The van der Waals surface area contributed by atoms with Crippen molar-refractivity contribution in [3.63, 3.8) is 0 Å². The molecule has 1 N–H and O–H groups in total. The summed E-state index contributed by atoms with van der Waals surface area (Å²) < 4.78 is 30.7. The zero-order chi connectivity index (χ0) is 12.3. The van der Waals surface area contributed by atoms with Crippen LogP contribution in [0.15, 0.2) is 12.1 Å². The minimum Gasteiger partial charge on any atom is -0.491 e. The van der Waals surface area contributed by atoms with Crippen LogP contribution < -0.4 is 4.74 Å². The van der Waals surface area contributed by atoms with E-state index >= 15 is 0 Å². The number of halogens is 2. The number of methoxy groups -OCH3 is 1. The zero-order valence-electron chi connectivity index (χ0n) is 8.29. The first-order chi connectivity index (χ1) is 7.45. The number of carboxylic acids is 1. The Morgan fingerprint density at radius 2 is 1.81 bits per heavy atom. The SMILES string of the molecule is COc1c(F)cc(C(=O)CC(=O)O)cc1F. The van der Waals surface area contributed by atoms with Crippen molar-refractivity contribution in [2.45, 2.75) is 6.42 Å². The van der Waals surface area contributed by atoms with E-state index in [1.165, 1.54) is 0 Å². The minimum absolute atomic E-state index is 0.335. The predicted molar refractivity (Wildman–Crippen MR) is 49.5 cm³/mol. The van der Waals surface area contributed by atoms with Crippen molar-refractivity contribution < 1.29 is 28.2 Å². The summed E-state index contributed by atoms with van der Waals surface area (Å²) in [6.45, 7) is 0. The van der Waals surface area contributed by atoms with E-state index in [0.29, 0.717) is 0 Å². The fraction of sp³-hybridized carbons (Fsp3) is 0.200. The highest BCUT2D eigenvalue weighted by Crippen LogP contribution is 2.23. The van der Waals surface area contributed by atoms with Gasteiger partial charge in [-0.1, -0.05) is 0 Å². The van der Waals surface area contributed by atoms with E-state index in [0.717, 1.165) is 19.2 Å². The Morgan fingerprint density at radius 1 is 1.31 bits per heavy atom. The molecule has 0 aliphatic heterocycles. The molecule has 0 spiro atoms. The molecule has 0 saturated carbocycles. The van der Waals surface area contributed by atoms with E-state index in [2.05, 4.69) is 4.74 Å². The summed E-state index contributed by atoms with van der Waals surface area (Å²) in [5.41, 5.74) is -0.335. The molecule has 0 bridgehead atoms. The van der Waals surface area contributed by atoms with Crippen molar-refractivity contribution >= 4 is 11.8 Å². The fourth-order valence-corrected chi connectivity index (χ4v) is 1.16. The van der Waals surface area contributed by atoms with Crippen LogP contribution in [0.5, 0.6) is 5.75 Å². The second kappa shape index (κ2) is 4.69. The van der Waals surface area contributed by atoms with Gasteiger partial charge in [-0.05, 0) is 12.1 Å². The molecule has 1 aromatic carbocycles.